The number of hydrogen-bond acceptors (Lipinski definition) is 4. The molecule has 4 aliphatic rings. The van der Waals surface area contributed by atoms with Crippen molar-refractivity contribution in [3.63, 3.8) is 0 Å². The zero-order chi connectivity index (χ0) is 21.0. The van der Waals surface area contributed by atoms with Gasteiger partial charge in [-0.15, -0.1) is 0 Å². The summed E-state index contributed by atoms with van der Waals surface area (Å²) in [4.78, 5) is 27.5. The first kappa shape index (κ1) is 19.6. The summed E-state index contributed by atoms with van der Waals surface area (Å²) < 4.78 is 1.84. The molecule has 1 aromatic rings. The number of piperidine rings is 1. The molecule has 162 valence electrons. The van der Waals surface area contributed by atoms with Crippen LogP contribution in [0.5, 0.6) is 0 Å². The third kappa shape index (κ3) is 3.13. The summed E-state index contributed by atoms with van der Waals surface area (Å²) in [5.41, 5.74) is 1.93. The molecule has 1 aliphatic heterocycles. The van der Waals surface area contributed by atoms with Gasteiger partial charge in [-0.3, -0.25) is 14.3 Å². The van der Waals surface area contributed by atoms with E-state index < -0.39 is 0 Å². The first-order chi connectivity index (χ1) is 14.4. The average Bonchev–Trinajstić information content (AvgIpc) is 3.19. The summed E-state index contributed by atoms with van der Waals surface area (Å²) in [5.74, 6) is 2.27. The number of carbonyl (C=O) groups is 2. The molecular formula is C23H33N5O2. The molecule has 5 rings (SSSR count). The third-order valence-electron chi connectivity index (χ3n) is 7.69. The number of hydrogen-bond donors (Lipinski definition) is 2. The van der Waals surface area contributed by atoms with Crippen LogP contribution in [0.4, 0.5) is 5.82 Å². The Morgan fingerprint density at radius 3 is 2.67 bits per heavy atom. The Morgan fingerprint density at radius 1 is 1.17 bits per heavy atom. The number of nitrogens with zero attached hydrogens (tertiary/aromatic N) is 3. The summed E-state index contributed by atoms with van der Waals surface area (Å²) in [6, 6.07) is 0.0790. The molecular weight excluding hydrogens is 378 g/mol. The number of carbonyl (C=O) groups excluding carboxylic acids is 2. The fraction of sp³-hybridized carbons (Fsp3) is 0.696. The van der Waals surface area contributed by atoms with Crippen molar-refractivity contribution in [3.05, 3.63) is 23.4 Å². The van der Waals surface area contributed by atoms with Crippen LogP contribution in [0.2, 0.25) is 0 Å². The minimum Gasteiger partial charge on any atom is -0.356 e. The van der Waals surface area contributed by atoms with Crippen LogP contribution in [0.3, 0.4) is 0 Å². The van der Waals surface area contributed by atoms with Gasteiger partial charge in [0.25, 0.3) is 5.91 Å². The summed E-state index contributed by atoms with van der Waals surface area (Å²) >= 11 is 0. The smallest absolute Gasteiger partial charge is 0.257 e. The number of aromatic nitrogens is 2. The van der Waals surface area contributed by atoms with Crippen molar-refractivity contribution in [1.29, 1.82) is 0 Å². The second-order valence-electron chi connectivity index (χ2n) is 9.99. The van der Waals surface area contributed by atoms with Crippen LogP contribution in [-0.4, -0.2) is 46.3 Å². The van der Waals surface area contributed by atoms with E-state index in [1.165, 1.54) is 12.0 Å². The Hall–Kier alpha value is -2.31. The fourth-order valence-corrected chi connectivity index (χ4v) is 6.73. The Bertz CT molecular complexity index is 899. The van der Waals surface area contributed by atoms with E-state index in [9.17, 15) is 9.59 Å². The molecule has 2 heterocycles. The predicted octanol–water partition coefficient (Wildman–Crippen LogP) is 2.39. The SMILES string of the molecule is CC(=O)NC12CC(C)C=C3C(C1)C(C2)C3NC(=O)c1cnn(C)c1N1CCCCC1. The van der Waals surface area contributed by atoms with Crippen molar-refractivity contribution in [2.45, 2.75) is 64.0 Å². The van der Waals surface area contributed by atoms with E-state index in [0.29, 0.717) is 23.3 Å². The molecule has 0 aromatic carbocycles. The van der Waals surface area contributed by atoms with Gasteiger partial charge < -0.3 is 15.5 Å². The van der Waals surface area contributed by atoms with E-state index in [1.54, 1.807) is 13.1 Å². The van der Waals surface area contributed by atoms with E-state index in [1.807, 2.05) is 11.7 Å². The Kier molecular flexibility index (Phi) is 4.67. The molecule has 2 N–H and O–H groups in total. The van der Waals surface area contributed by atoms with E-state index in [2.05, 4.69) is 33.6 Å². The molecule has 0 spiro atoms. The van der Waals surface area contributed by atoms with Crippen LogP contribution in [0, 0.1) is 17.8 Å². The molecule has 7 nitrogen and oxygen atoms in total. The Labute approximate surface area is 178 Å². The van der Waals surface area contributed by atoms with Gasteiger partial charge in [-0.2, -0.15) is 5.10 Å². The van der Waals surface area contributed by atoms with Crippen LogP contribution in [0.1, 0.15) is 62.7 Å². The zero-order valence-corrected chi connectivity index (χ0v) is 18.3. The monoisotopic (exact) mass is 411 g/mol. The summed E-state index contributed by atoms with van der Waals surface area (Å²) in [7, 11) is 1.92. The van der Waals surface area contributed by atoms with Gasteiger partial charge in [-0.05, 0) is 61.9 Å². The maximum Gasteiger partial charge on any atom is 0.257 e. The van der Waals surface area contributed by atoms with Crippen LogP contribution in [-0.2, 0) is 11.8 Å². The highest BCUT2D eigenvalue weighted by Crippen LogP contribution is 2.58. The maximum atomic E-state index is 13.3. The van der Waals surface area contributed by atoms with Crippen molar-refractivity contribution in [2.75, 3.05) is 18.0 Å². The third-order valence-corrected chi connectivity index (χ3v) is 7.69. The second-order valence-corrected chi connectivity index (χ2v) is 9.99. The first-order valence-corrected chi connectivity index (χ1v) is 11.4. The predicted molar refractivity (Wildman–Crippen MR) is 115 cm³/mol. The lowest BCUT2D eigenvalue weighted by Crippen LogP contribution is -2.53. The number of fused-ring (bicyclic) bond motifs is 1. The number of aryl methyl sites for hydroxylation is 1. The number of allylic oxidation sites excluding steroid dienone is 1. The normalized spacial score (nSPS) is 34.6. The summed E-state index contributed by atoms with van der Waals surface area (Å²) in [5, 5.41) is 11.0. The summed E-state index contributed by atoms with van der Waals surface area (Å²) in [6.07, 6.45) is 10.6. The zero-order valence-electron chi connectivity index (χ0n) is 18.3. The number of amides is 2. The van der Waals surface area contributed by atoms with E-state index in [0.717, 1.165) is 51.0 Å². The van der Waals surface area contributed by atoms with Crippen molar-refractivity contribution in [2.24, 2.45) is 24.8 Å². The van der Waals surface area contributed by atoms with Crippen molar-refractivity contribution >= 4 is 17.6 Å². The lowest BCUT2D eigenvalue weighted by Gasteiger charge is -2.45. The van der Waals surface area contributed by atoms with Gasteiger partial charge in [0.1, 0.15) is 11.4 Å². The summed E-state index contributed by atoms with van der Waals surface area (Å²) in [6.45, 7) is 5.80. The van der Waals surface area contributed by atoms with Crippen LogP contribution in [0.25, 0.3) is 0 Å². The minimum atomic E-state index is -0.119. The molecule has 3 aliphatic carbocycles. The van der Waals surface area contributed by atoms with Crippen LogP contribution < -0.4 is 15.5 Å². The number of nitrogens with one attached hydrogen (secondary N) is 2. The van der Waals surface area contributed by atoms with Gasteiger partial charge >= 0.3 is 0 Å². The molecule has 2 bridgehead atoms. The largest absolute Gasteiger partial charge is 0.356 e. The Morgan fingerprint density at radius 2 is 1.93 bits per heavy atom. The highest BCUT2D eigenvalue weighted by Gasteiger charge is 2.59. The molecule has 5 unspecified atom stereocenters. The topological polar surface area (TPSA) is 79.3 Å². The van der Waals surface area contributed by atoms with Crippen molar-refractivity contribution < 1.29 is 9.59 Å². The standard InChI is InChI=1S/C23H33N5O2/c1-14-9-16-17-11-23(10-14,26-15(2)29)12-18(17)20(16)25-21(30)19-13-24-27(3)22(19)28-7-5-4-6-8-28/h9,13-14,17-18,20H,4-8,10-12H2,1-3H3,(H,25,30)(H,26,29). The Balaban J connectivity index is 1.36. The average molecular weight is 412 g/mol. The van der Waals surface area contributed by atoms with Gasteiger partial charge in [-0.25, -0.2) is 0 Å². The molecule has 2 saturated carbocycles. The highest BCUT2D eigenvalue weighted by molar-refractivity contribution is 5.99. The molecule has 5 atom stereocenters. The van der Waals surface area contributed by atoms with Crippen molar-refractivity contribution in [3.8, 4) is 0 Å². The quantitative estimate of drug-likeness (QED) is 0.746. The number of rotatable bonds is 4. The van der Waals surface area contributed by atoms with Gasteiger partial charge in [0.2, 0.25) is 5.91 Å². The van der Waals surface area contributed by atoms with Crippen LogP contribution >= 0.6 is 0 Å². The first-order valence-electron chi connectivity index (χ1n) is 11.4. The molecule has 3 fully saturated rings. The van der Waals surface area contributed by atoms with Gasteiger partial charge in [0.05, 0.1) is 12.2 Å². The van der Waals surface area contributed by atoms with Gasteiger partial charge in [0.15, 0.2) is 0 Å². The van der Waals surface area contributed by atoms with Gasteiger partial charge in [-0.1, -0.05) is 13.0 Å². The minimum absolute atomic E-state index is 0.0247. The fourth-order valence-electron chi connectivity index (χ4n) is 6.73. The highest BCUT2D eigenvalue weighted by atomic mass is 16.2. The van der Waals surface area contributed by atoms with Gasteiger partial charge in [0, 0.05) is 32.6 Å². The van der Waals surface area contributed by atoms with Crippen LogP contribution in [0.15, 0.2) is 17.8 Å². The molecule has 7 heteroatoms. The van der Waals surface area contributed by atoms with Crippen molar-refractivity contribution in [1.82, 2.24) is 20.4 Å². The lowest BCUT2D eigenvalue weighted by molar-refractivity contribution is -0.121. The molecule has 2 amide bonds. The van der Waals surface area contributed by atoms with E-state index >= 15 is 0 Å². The molecule has 1 aromatic heterocycles. The molecule has 1 saturated heterocycles. The number of anilines is 1. The molecule has 30 heavy (non-hydrogen) atoms. The maximum absolute atomic E-state index is 13.3. The second kappa shape index (κ2) is 7.13. The van der Waals surface area contributed by atoms with E-state index in [4.69, 9.17) is 0 Å². The molecule has 0 radical (unpaired) electrons. The lowest BCUT2D eigenvalue weighted by atomic mass is 9.65. The van der Waals surface area contributed by atoms with E-state index in [-0.39, 0.29) is 23.4 Å².